The van der Waals surface area contributed by atoms with Crippen molar-refractivity contribution in [1.29, 1.82) is 0 Å². The van der Waals surface area contributed by atoms with Gasteiger partial charge in [0.25, 0.3) is 0 Å². The third-order valence-corrected chi connectivity index (χ3v) is 5.48. The van der Waals surface area contributed by atoms with Crippen LogP contribution in [0.25, 0.3) is 22.3 Å². The van der Waals surface area contributed by atoms with Gasteiger partial charge >= 0.3 is 0 Å². The summed E-state index contributed by atoms with van der Waals surface area (Å²) in [5.41, 5.74) is 9.15. The van der Waals surface area contributed by atoms with Crippen molar-refractivity contribution in [1.82, 2.24) is 19.9 Å². The number of aromatic amines is 1. The first kappa shape index (κ1) is 18.6. The molecule has 3 N–H and O–H groups in total. The highest BCUT2D eigenvalue weighted by Crippen LogP contribution is 2.33. The minimum atomic E-state index is 0.105. The molecule has 8 heteroatoms. The van der Waals surface area contributed by atoms with Crippen LogP contribution in [0.5, 0.6) is 0 Å². The summed E-state index contributed by atoms with van der Waals surface area (Å²) in [7, 11) is 0. The van der Waals surface area contributed by atoms with Crippen molar-refractivity contribution >= 4 is 40.0 Å². The van der Waals surface area contributed by atoms with Crippen LogP contribution in [-0.4, -0.2) is 50.9 Å². The molecule has 28 heavy (non-hydrogen) atoms. The number of amides is 1. The van der Waals surface area contributed by atoms with Crippen LogP contribution in [-0.2, 0) is 4.79 Å². The molecule has 146 valence electrons. The molecular formula is C20H23ClN6O. The summed E-state index contributed by atoms with van der Waals surface area (Å²) in [6, 6.07) is 5.89. The third-order valence-electron chi connectivity index (χ3n) is 5.27. The first-order valence-corrected chi connectivity index (χ1v) is 9.66. The highest BCUT2D eigenvalue weighted by molar-refractivity contribution is 6.31. The average Bonchev–Trinajstić information content (AvgIpc) is 3.04. The van der Waals surface area contributed by atoms with Crippen LogP contribution in [0.1, 0.15) is 20.8 Å². The summed E-state index contributed by atoms with van der Waals surface area (Å²) in [6.07, 6.45) is 3.46. The summed E-state index contributed by atoms with van der Waals surface area (Å²) in [4.78, 5) is 28.4. The van der Waals surface area contributed by atoms with E-state index in [1.54, 1.807) is 13.1 Å². The SMILES string of the molecule is CC(=O)N1[C@H](C)CN(c2ccc(N)c(-c3c[nH]c4ncc(Cl)cc34)n2)C[C@@H]1C. The van der Waals surface area contributed by atoms with Gasteiger partial charge in [0.1, 0.15) is 11.5 Å². The molecule has 3 aromatic heterocycles. The number of carbonyl (C=O) groups excluding carboxylic acids is 1. The Labute approximate surface area is 168 Å². The van der Waals surface area contributed by atoms with Crippen molar-refractivity contribution in [3.05, 3.63) is 35.6 Å². The van der Waals surface area contributed by atoms with E-state index >= 15 is 0 Å². The molecule has 3 aromatic rings. The van der Waals surface area contributed by atoms with E-state index in [1.165, 1.54) is 0 Å². The van der Waals surface area contributed by atoms with Gasteiger partial charge in [0.15, 0.2) is 0 Å². The number of carbonyl (C=O) groups is 1. The molecule has 1 fully saturated rings. The number of aromatic nitrogens is 3. The van der Waals surface area contributed by atoms with Gasteiger partial charge in [-0.1, -0.05) is 11.6 Å². The Morgan fingerprint density at radius 1 is 1.29 bits per heavy atom. The number of H-pyrrole nitrogens is 1. The smallest absolute Gasteiger partial charge is 0.220 e. The van der Waals surface area contributed by atoms with Crippen LogP contribution < -0.4 is 10.6 Å². The Morgan fingerprint density at radius 3 is 2.68 bits per heavy atom. The van der Waals surface area contributed by atoms with Crippen LogP contribution in [0.15, 0.2) is 30.6 Å². The number of pyridine rings is 2. The number of rotatable bonds is 2. The molecule has 0 unspecified atom stereocenters. The second-order valence-corrected chi connectivity index (χ2v) is 7.83. The van der Waals surface area contributed by atoms with Gasteiger partial charge in [-0.2, -0.15) is 0 Å². The van der Waals surface area contributed by atoms with Crippen LogP contribution in [0, 0.1) is 0 Å². The maximum Gasteiger partial charge on any atom is 0.220 e. The zero-order valence-corrected chi connectivity index (χ0v) is 16.9. The van der Waals surface area contributed by atoms with Gasteiger partial charge in [-0.15, -0.1) is 0 Å². The van der Waals surface area contributed by atoms with Crippen molar-refractivity contribution in [2.75, 3.05) is 23.7 Å². The van der Waals surface area contributed by atoms with Crippen molar-refractivity contribution in [3.63, 3.8) is 0 Å². The minimum Gasteiger partial charge on any atom is -0.397 e. The number of nitrogens with zero attached hydrogens (tertiary/aromatic N) is 4. The third kappa shape index (κ3) is 3.16. The highest BCUT2D eigenvalue weighted by Gasteiger charge is 2.31. The molecular weight excluding hydrogens is 376 g/mol. The number of hydrogen-bond acceptors (Lipinski definition) is 5. The lowest BCUT2D eigenvalue weighted by Gasteiger charge is -2.44. The lowest BCUT2D eigenvalue weighted by Crippen LogP contribution is -2.58. The Morgan fingerprint density at radius 2 is 2.00 bits per heavy atom. The molecule has 1 aliphatic rings. The predicted octanol–water partition coefficient (Wildman–Crippen LogP) is 3.31. The number of nitrogens with two attached hydrogens (primary N) is 1. The number of nitrogen functional groups attached to an aromatic ring is 1. The second-order valence-electron chi connectivity index (χ2n) is 7.39. The molecule has 0 saturated carbocycles. The second kappa shape index (κ2) is 6.98. The first-order chi connectivity index (χ1) is 13.3. The van der Waals surface area contributed by atoms with Crippen LogP contribution in [0.3, 0.4) is 0 Å². The van der Waals surface area contributed by atoms with E-state index < -0.39 is 0 Å². The van der Waals surface area contributed by atoms with Crippen LogP contribution >= 0.6 is 11.6 Å². The fourth-order valence-electron chi connectivity index (χ4n) is 4.16. The van der Waals surface area contributed by atoms with E-state index in [1.807, 2.05) is 29.3 Å². The van der Waals surface area contributed by atoms with Gasteiger partial charge in [0, 0.05) is 55.4 Å². The molecule has 1 saturated heterocycles. The molecule has 4 rings (SSSR count). The van der Waals surface area contributed by atoms with Gasteiger partial charge in [-0.3, -0.25) is 4.79 Å². The summed E-state index contributed by atoms with van der Waals surface area (Å²) in [5, 5.41) is 1.44. The van der Waals surface area contributed by atoms with E-state index in [2.05, 4.69) is 28.7 Å². The van der Waals surface area contributed by atoms with E-state index in [0.29, 0.717) is 16.4 Å². The largest absolute Gasteiger partial charge is 0.397 e. The molecule has 0 spiro atoms. The molecule has 7 nitrogen and oxygen atoms in total. The summed E-state index contributed by atoms with van der Waals surface area (Å²) < 4.78 is 0. The summed E-state index contributed by atoms with van der Waals surface area (Å²) >= 11 is 6.13. The normalized spacial score (nSPS) is 20.0. The summed E-state index contributed by atoms with van der Waals surface area (Å²) in [6.45, 7) is 7.20. The van der Waals surface area contributed by atoms with Crippen LogP contribution in [0.4, 0.5) is 11.5 Å². The van der Waals surface area contributed by atoms with Gasteiger partial charge < -0.3 is 20.5 Å². The molecule has 0 aliphatic carbocycles. The maximum absolute atomic E-state index is 11.9. The van der Waals surface area contributed by atoms with E-state index in [0.717, 1.165) is 35.5 Å². The van der Waals surface area contributed by atoms with Gasteiger partial charge in [-0.25, -0.2) is 9.97 Å². The Balaban J connectivity index is 1.72. The maximum atomic E-state index is 11.9. The number of fused-ring (bicyclic) bond motifs is 1. The van der Waals surface area contributed by atoms with Gasteiger partial charge in [-0.05, 0) is 32.0 Å². The lowest BCUT2D eigenvalue weighted by molar-refractivity contribution is -0.133. The van der Waals surface area contributed by atoms with Crippen molar-refractivity contribution < 1.29 is 4.79 Å². The predicted molar refractivity (Wildman–Crippen MR) is 112 cm³/mol. The van der Waals surface area contributed by atoms with E-state index in [4.69, 9.17) is 22.3 Å². The van der Waals surface area contributed by atoms with Crippen molar-refractivity contribution in [3.8, 4) is 11.3 Å². The molecule has 4 heterocycles. The number of halogens is 1. The fourth-order valence-corrected chi connectivity index (χ4v) is 4.31. The number of piperazine rings is 1. The summed E-state index contributed by atoms with van der Waals surface area (Å²) in [5.74, 6) is 0.948. The lowest BCUT2D eigenvalue weighted by atomic mass is 10.1. The molecule has 0 bridgehead atoms. The average molecular weight is 399 g/mol. The zero-order valence-electron chi connectivity index (χ0n) is 16.1. The van der Waals surface area contributed by atoms with Crippen molar-refractivity contribution in [2.24, 2.45) is 0 Å². The standard InChI is InChI=1S/C20H23ClN6O/c1-11-9-26(10-12(2)27(11)13(3)28)18-5-4-17(22)19(25-18)16-8-24-20-15(16)6-14(21)7-23-20/h4-8,11-12H,9-10,22H2,1-3H3,(H,23,24)/t11-,12+. The molecule has 0 aromatic carbocycles. The van der Waals surface area contributed by atoms with Crippen LogP contribution in [0.2, 0.25) is 5.02 Å². The van der Waals surface area contributed by atoms with E-state index in [9.17, 15) is 4.79 Å². The molecule has 2 atom stereocenters. The monoisotopic (exact) mass is 398 g/mol. The topological polar surface area (TPSA) is 91.1 Å². The van der Waals surface area contributed by atoms with Crippen molar-refractivity contribution in [2.45, 2.75) is 32.9 Å². The Hall–Kier alpha value is -2.80. The minimum absolute atomic E-state index is 0.105. The number of hydrogen-bond donors (Lipinski definition) is 2. The highest BCUT2D eigenvalue weighted by atomic mass is 35.5. The fraction of sp³-hybridized carbons (Fsp3) is 0.350. The molecule has 0 radical (unpaired) electrons. The number of nitrogens with one attached hydrogen (secondary N) is 1. The van der Waals surface area contributed by atoms with E-state index in [-0.39, 0.29) is 18.0 Å². The zero-order chi connectivity index (χ0) is 20.0. The Bertz CT molecular complexity index is 1040. The quantitative estimate of drug-likeness (QED) is 0.691. The molecule has 1 amide bonds. The van der Waals surface area contributed by atoms with Gasteiger partial charge in [0.2, 0.25) is 5.91 Å². The Kier molecular flexibility index (Phi) is 4.63. The first-order valence-electron chi connectivity index (χ1n) is 9.28. The molecule has 1 aliphatic heterocycles. The number of anilines is 2. The van der Waals surface area contributed by atoms with Gasteiger partial charge in [0.05, 0.1) is 16.4 Å².